The lowest BCUT2D eigenvalue weighted by atomic mass is 10.2. The van der Waals surface area contributed by atoms with E-state index in [1.54, 1.807) is 23.5 Å². The van der Waals surface area contributed by atoms with Crippen LogP contribution in [0.25, 0.3) is 32.5 Å². The molecule has 3 heterocycles. The molecule has 0 amide bonds. The fraction of sp³-hybridized carbons (Fsp3) is 0.423. The minimum atomic E-state index is -0.614. The molecule has 0 bridgehead atoms. The number of carbonyl (C=O) groups is 2. The van der Waals surface area contributed by atoms with Crippen LogP contribution in [-0.4, -0.2) is 62.6 Å². The van der Waals surface area contributed by atoms with E-state index in [0.717, 1.165) is 38.2 Å². The standard InChI is InChI=1S/C21H24N4O3S.C5H10O2/c1-21(2,3)28-20(27)25-17-10-14(11-24(4)5)29-19(17)18(23-25)16-8-12-6-7-13(26)9-15(12)22-16;1-5(2,3)7-4-6/h6-10,22,26H,11H2,1-5H3;4H,1-3H3. The minimum Gasteiger partial charge on any atom is -0.508 e. The molecule has 2 N–H and O–H groups in total. The van der Waals surface area contributed by atoms with E-state index >= 15 is 0 Å². The summed E-state index contributed by atoms with van der Waals surface area (Å²) in [6.45, 7) is 12.2. The Morgan fingerprint density at radius 1 is 1.14 bits per heavy atom. The summed E-state index contributed by atoms with van der Waals surface area (Å²) in [4.78, 5) is 28.9. The molecule has 0 saturated heterocycles. The Hall–Kier alpha value is -3.37. The highest BCUT2D eigenvalue weighted by Crippen LogP contribution is 2.36. The first-order valence-electron chi connectivity index (χ1n) is 11.5. The second-order valence-electron chi connectivity index (χ2n) is 10.7. The number of phenols is 1. The van der Waals surface area contributed by atoms with Gasteiger partial charge in [0.2, 0.25) is 0 Å². The van der Waals surface area contributed by atoms with Gasteiger partial charge in [0.25, 0.3) is 6.47 Å². The SMILES string of the molecule is CC(C)(C)OC=O.CN(C)Cc1cc2c(s1)c(-c1cc3ccc(O)cc3[nH]1)nn2C(=O)OC(C)(C)C. The van der Waals surface area contributed by atoms with Gasteiger partial charge >= 0.3 is 6.09 Å². The predicted octanol–water partition coefficient (Wildman–Crippen LogP) is 5.75. The number of hydrogen-bond donors (Lipinski definition) is 2. The van der Waals surface area contributed by atoms with Crippen molar-refractivity contribution in [1.82, 2.24) is 19.7 Å². The highest BCUT2D eigenvalue weighted by Gasteiger charge is 2.25. The number of aromatic amines is 1. The van der Waals surface area contributed by atoms with Gasteiger partial charge in [-0.2, -0.15) is 9.78 Å². The second-order valence-corrected chi connectivity index (χ2v) is 11.8. The zero-order valence-electron chi connectivity index (χ0n) is 22.0. The Morgan fingerprint density at radius 2 is 1.83 bits per heavy atom. The van der Waals surface area contributed by atoms with Gasteiger partial charge in [-0.05, 0) is 79.9 Å². The largest absolute Gasteiger partial charge is 0.508 e. The van der Waals surface area contributed by atoms with Gasteiger partial charge in [-0.1, -0.05) is 0 Å². The lowest BCUT2D eigenvalue weighted by molar-refractivity contribution is -0.138. The van der Waals surface area contributed by atoms with Gasteiger partial charge in [0.1, 0.15) is 22.6 Å². The van der Waals surface area contributed by atoms with Crippen molar-refractivity contribution in [1.29, 1.82) is 0 Å². The quantitative estimate of drug-likeness (QED) is 0.334. The average Bonchev–Trinajstić information content (AvgIpc) is 3.38. The molecule has 0 fully saturated rings. The summed E-state index contributed by atoms with van der Waals surface area (Å²) in [5.41, 5.74) is 2.09. The van der Waals surface area contributed by atoms with Gasteiger partial charge in [0.15, 0.2) is 0 Å². The first kappa shape index (κ1) is 27.2. The molecule has 0 aliphatic heterocycles. The molecule has 4 rings (SSSR count). The van der Waals surface area contributed by atoms with Crippen LogP contribution >= 0.6 is 11.3 Å². The van der Waals surface area contributed by atoms with Gasteiger partial charge in [-0.25, -0.2) is 4.79 Å². The highest BCUT2D eigenvalue weighted by molar-refractivity contribution is 7.19. The summed E-state index contributed by atoms with van der Waals surface area (Å²) < 4.78 is 12.4. The van der Waals surface area contributed by atoms with Crippen molar-refractivity contribution in [3.8, 4) is 17.1 Å². The van der Waals surface area contributed by atoms with Crippen LogP contribution in [0.2, 0.25) is 0 Å². The molecule has 3 aromatic heterocycles. The maximum absolute atomic E-state index is 12.8. The summed E-state index contributed by atoms with van der Waals surface area (Å²) in [6, 6.07) is 9.14. The van der Waals surface area contributed by atoms with E-state index in [4.69, 9.17) is 4.74 Å². The Balaban J connectivity index is 0.000000454. The van der Waals surface area contributed by atoms with Crippen molar-refractivity contribution in [2.45, 2.75) is 59.3 Å². The van der Waals surface area contributed by atoms with Gasteiger partial charge in [0.05, 0.1) is 15.9 Å². The molecule has 0 aliphatic rings. The number of hydrogen-bond acceptors (Lipinski definition) is 8. The molecule has 0 atom stereocenters. The lowest BCUT2D eigenvalue weighted by Crippen LogP contribution is -2.27. The highest BCUT2D eigenvalue weighted by atomic mass is 32.1. The summed E-state index contributed by atoms with van der Waals surface area (Å²) >= 11 is 1.61. The lowest BCUT2D eigenvalue weighted by Gasteiger charge is -2.19. The van der Waals surface area contributed by atoms with E-state index in [-0.39, 0.29) is 11.4 Å². The van der Waals surface area contributed by atoms with Crippen molar-refractivity contribution >= 4 is 45.0 Å². The molecule has 9 nitrogen and oxygen atoms in total. The summed E-state index contributed by atoms with van der Waals surface area (Å²) in [7, 11) is 4.02. The Labute approximate surface area is 214 Å². The number of ether oxygens (including phenoxy) is 2. The first-order valence-corrected chi connectivity index (χ1v) is 12.3. The maximum atomic E-state index is 12.8. The van der Waals surface area contributed by atoms with Crippen molar-refractivity contribution in [2.75, 3.05) is 14.1 Å². The van der Waals surface area contributed by atoms with Crippen LogP contribution in [0.3, 0.4) is 0 Å². The predicted molar refractivity (Wildman–Crippen MR) is 142 cm³/mol. The van der Waals surface area contributed by atoms with Crippen LogP contribution < -0.4 is 0 Å². The number of rotatable bonds is 4. The molecular formula is C26H34N4O5S. The molecule has 0 unspecified atom stereocenters. The van der Waals surface area contributed by atoms with Crippen molar-refractivity contribution in [3.63, 3.8) is 0 Å². The normalized spacial score (nSPS) is 12.0. The number of fused-ring (bicyclic) bond motifs is 2. The molecule has 1 aromatic carbocycles. The average molecular weight is 515 g/mol. The van der Waals surface area contributed by atoms with Crippen LogP contribution in [0, 0.1) is 0 Å². The number of nitrogens with zero attached hydrogens (tertiary/aromatic N) is 3. The number of carbonyl (C=O) groups excluding carboxylic acids is 2. The summed E-state index contributed by atoms with van der Waals surface area (Å²) in [5, 5.41) is 15.3. The van der Waals surface area contributed by atoms with Crippen molar-refractivity contribution in [3.05, 3.63) is 35.2 Å². The summed E-state index contributed by atoms with van der Waals surface area (Å²) in [5.74, 6) is 0.194. The number of aromatic hydroxyl groups is 1. The molecule has 0 radical (unpaired) electrons. The zero-order valence-corrected chi connectivity index (χ0v) is 22.8. The van der Waals surface area contributed by atoms with Crippen LogP contribution in [0.4, 0.5) is 4.79 Å². The maximum Gasteiger partial charge on any atom is 0.435 e. The van der Waals surface area contributed by atoms with E-state index in [2.05, 4.69) is 19.7 Å². The van der Waals surface area contributed by atoms with E-state index in [1.807, 2.05) is 73.8 Å². The molecule has 10 heteroatoms. The number of thiophene rings is 1. The molecule has 0 saturated carbocycles. The van der Waals surface area contributed by atoms with Crippen LogP contribution in [-0.2, 0) is 20.8 Å². The van der Waals surface area contributed by atoms with Gasteiger partial charge in [-0.15, -0.1) is 11.3 Å². The van der Waals surface area contributed by atoms with Crippen molar-refractivity contribution < 1.29 is 24.2 Å². The molecule has 36 heavy (non-hydrogen) atoms. The van der Waals surface area contributed by atoms with E-state index < -0.39 is 11.7 Å². The second kappa shape index (κ2) is 10.3. The number of nitrogens with one attached hydrogen (secondary N) is 1. The van der Waals surface area contributed by atoms with Gasteiger partial charge in [-0.3, -0.25) is 4.79 Å². The van der Waals surface area contributed by atoms with E-state index in [1.165, 1.54) is 4.68 Å². The van der Waals surface area contributed by atoms with Crippen LogP contribution in [0.1, 0.15) is 46.4 Å². The number of aromatic nitrogens is 3. The van der Waals surface area contributed by atoms with Crippen molar-refractivity contribution in [2.24, 2.45) is 0 Å². The van der Waals surface area contributed by atoms with E-state index in [9.17, 15) is 14.7 Å². The topological polar surface area (TPSA) is 110 Å². The minimum absolute atomic E-state index is 0.194. The van der Waals surface area contributed by atoms with Gasteiger partial charge < -0.3 is 24.5 Å². The first-order chi connectivity index (χ1) is 16.7. The smallest absolute Gasteiger partial charge is 0.435 e. The Kier molecular flexibility index (Phi) is 7.80. The fourth-order valence-electron chi connectivity index (χ4n) is 3.35. The third-order valence-electron chi connectivity index (χ3n) is 4.71. The Morgan fingerprint density at radius 3 is 2.39 bits per heavy atom. The summed E-state index contributed by atoms with van der Waals surface area (Å²) in [6.07, 6.45) is -0.503. The van der Waals surface area contributed by atoms with Crippen LogP contribution in [0.15, 0.2) is 30.3 Å². The number of benzene rings is 1. The fourth-order valence-corrected chi connectivity index (χ4v) is 4.61. The van der Waals surface area contributed by atoms with E-state index in [0.29, 0.717) is 12.2 Å². The number of H-pyrrole nitrogens is 1. The Bertz CT molecular complexity index is 1370. The molecule has 0 aliphatic carbocycles. The van der Waals surface area contributed by atoms with Crippen LogP contribution in [0.5, 0.6) is 5.75 Å². The molecule has 194 valence electrons. The molecule has 0 spiro atoms. The third kappa shape index (κ3) is 6.86. The zero-order chi connectivity index (χ0) is 26.8. The monoisotopic (exact) mass is 514 g/mol. The molecule has 4 aromatic rings. The molecular weight excluding hydrogens is 480 g/mol. The third-order valence-corrected chi connectivity index (χ3v) is 5.82. The number of phenolic OH excluding ortho intramolecular Hbond substituents is 1. The van der Waals surface area contributed by atoms with Gasteiger partial charge in [0, 0.05) is 28.4 Å².